The topological polar surface area (TPSA) is 69.6 Å². The van der Waals surface area contributed by atoms with Crippen LogP contribution in [-0.2, 0) is 0 Å². The minimum Gasteiger partial charge on any atom is -0.381 e. The molecule has 0 unspecified atom stereocenters. The predicted octanol–water partition coefficient (Wildman–Crippen LogP) is 1.40. The van der Waals surface area contributed by atoms with Crippen LogP contribution in [0.4, 0.5) is 5.82 Å². The van der Waals surface area contributed by atoms with E-state index in [-0.39, 0.29) is 0 Å². The molecule has 3 rings (SSSR count). The van der Waals surface area contributed by atoms with Crippen molar-refractivity contribution in [2.75, 3.05) is 5.73 Å². The van der Waals surface area contributed by atoms with E-state index in [2.05, 4.69) is 15.2 Å². The minimum absolute atomic E-state index is 0.404. The molecule has 0 amide bonds. The van der Waals surface area contributed by atoms with Crippen molar-refractivity contribution in [3.8, 4) is 5.69 Å². The summed E-state index contributed by atoms with van der Waals surface area (Å²) < 4.78 is 0. The Hall–Kier alpha value is -2.43. The number of anilines is 1. The first-order chi connectivity index (χ1) is 7.84. The van der Waals surface area contributed by atoms with Crippen LogP contribution in [0, 0.1) is 0 Å². The van der Waals surface area contributed by atoms with Gasteiger partial charge in [-0.3, -0.25) is 4.98 Å². The van der Waals surface area contributed by atoms with Gasteiger partial charge >= 0.3 is 0 Å². The molecular formula is C11H9N5. The highest BCUT2D eigenvalue weighted by Gasteiger charge is 2.04. The maximum Gasteiger partial charge on any atom is 0.166 e. The van der Waals surface area contributed by atoms with E-state index in [1.165, 1.54) is 11.0 Å². The fourth-order valence-electron chi connectivity index (χ4n) is 1.66. The van der Waals surface area contributed by atoms with Crippen LogP contribution in [0.25, 0.3) is 16.5 Å². The lowest BCUT2D eigenvalue weighted by atomic mass is 10.1. The van der Waals surface area contributed by atoms with Gasteiger partial charge in [-0.25, -0.2) is 0 Å². The van der Waals surface area contributed by atoms with Crippen molar-refractivity contribution in [3.63, 3.8) is 0 Å². The highest BCUT2D eigenvalue weighted by atomic mass is 15.5. The van der Waals surface area contributed by atoms with Crippen molar-refractivity contribution < 1.29 is 0 Å². The van der Waals surface area contributed by atoms with Crippen LogP contribution < -0.4 is 5.73 Å². The van der Waals surface area contributed by atoms with E-state index in [9.17, 15) is 0 Å². The molecule has 0 fully saturated rings. The second-order valence-corrected chi connectivity index (χ2v) is 3.43. The van der Waals surface area contributed by atoms with Crippen LogP contribution in [0.1, 0.15) is 0 Å². The smallest absolute Gasteiger partial charge is 0.166 e. The molecule has 0 radical (unpaired) electrons. The van der Waals surface area contributed by atoms with E-state index in [0.29, 0.717) is 5.82 Å². The van der Waals surface area contributed by atoms with Gasteiger partial charge in [-0.05, 0) is 17.5 Å². The molecular weight excluding hydrogens is 202 g/mol. The van der Waals surface area contributed by atoms with E-state index in [0.717, 1.165) is 16.5 Å². The molecule has 0 bridgehead atoms. The number of aromatic nitrogens is 4. The first kappa shape index (κ1) is 8.84. The Balaban J connectivity index is 2.31. The number of hydrogen-bond donors (Lipinski definition) is 1. The van der Waals surface area contributed by atoms with E-state index < -0.39 is 0 Å². The number of rotatable bonds is 1. The van der Waals surface area contributed by atoms with E-state index in [1.807, 2.05) is 24.3 Å². The zero-order valence-corrected chi connectivity index (χ0v) is 8.41. The van der Waals surface area contributed by atoms with Gasteiger partial charge in [0.25, 0.3) is 0 Å². The minimum atomic E-state index is 0.404. The number of pyridine rings is 1. The van der Waals surface area contributed by atoms with E-state index in [4.69, 9.17) is 5.73 Å². The summed E-state index contributed by atoms with van der Waals surface area (Å²) in [5.41, 5.74) is 6.43. The number of fused-ring (bicyclic) bond motifs is 1. The Morgan fingerprint density at radius 2 is 2.06 bits per heavy atom. The van der Waals surface area contributed by atoms with Crippen molar-refractivity contribution >= 4 is 16.6 Å². The van der Waals surface area contributed by atoms with E-state index in [1.54, 1.807) is 12.4 Å². The Bertz CT molecular complexity index is 638. The monoisotopic (exact) mass is 211 g/mol. The SMILES string of the molecule is Nc1cnn(-c2cccc3ccncc23)n1. The summed E-state index contributed by atoms with van der Waals surface area (Å²) in [7, 11) is 0. The molecule has 0 aliphatic rings. The lowest BCUT2D eigenvalue weighted by Crippen LogP contribution is -2.00. The zero-order valence-electron chi connectivity index (χ0n) is 8.41. The van der Waals surface area contributed by atoms with Gasteiger partial charge in [-0.1, -0.05) is 12.1 Å². The second-order valence-electron chi connectivity index (χ2n) is 3.43. The van der Waals surface area contributed by atoms with Crippen molar-refractivity contribution in [1.29, 1.82) is 0 Å². The largest absolute Gasteiger partial charge is 0.381 e. The first-order valence-corrected chi connectivity index (χ1v) is 4.85. The number of nitrogens with two attached hydrogens (primary N) is 1. The molecule has 0 saturated carbocycles. The highest BCUT2D eigenvalue weighted by Crippen LogP contribution is 2.19. The third-order valence-electron chi connectivity index (χ3n) is 2.39. The van der Waals surface area contributed by atoms with Gasteiger partial charge < -0.3 is 5.73 Å². The summed E-state index contributed by atoms with van der Waals surface area (Å²) in [4.78, 5) is 5.62. The van der Waals surface area contributed by atoms with Gasteiger partial charge in [0.2, 0.25) is 0 Å². The van der Waals surface area contributed by atoms with Crippen molar-refractivity contribution in [1.82, 2.24) is 20.0 Å². The molecule has 2 N–H and O–H groups in total. The van der Waals surface area contributed by atoms with Gasteiger partial charge in [-0.15, -0.1) is 9.90 Å². The van der Waals surface area contributed by atoms with Crippen LogP contribution >= 0.6 is 0 Å². The molecule has 5 nitrogen and oxygen atoms in total. The zero-order chi connectivity index (χ0) is 11.0. The average Bonchev–Trinajstić information content (AvgIpc) is 2.75. The second kappa shape index (κ2) is 3.30. The van der Waals surface area contributed by atoms with Gasteiger partial charge in [0.15, 0.2) is 5.82 Å². The molecule has 0 spiro atoms. The molecule has 0 aliphatic carbocycles. The van der Waals surface area contributed by atoms with Crippen LogP contribution in [0.3, 0.4) is 0 Å². The van der Waals surface area contributed by atoms with Crippen molar-refractivity contribution in [2.24, 2.45) is 0 Å². The molecule has 2 aromatic heterocycles. The standard InChI is InChI=1S/C11H9N5/c12-11-7-14-16(15-11)10-3-1-2-8-4-5-13-6-9(8)10/h1-7H,(H2,12,15). The summed E-state index contributed by atoms with van der Waals surface area (Å²) in [6, 6.07) is 7.86. The molecule has 16 heavy (non-hydrogen) atoms. The lowest BCUT2D eigenvalue weighted by Gasteiger charge is -2.03. The molecule has 0 aliphatic heterocycles. The van der Waals surface area contributed by atoms with Crippen LogP contribution in [0.2, 0.25) is 0 Å². The third-order valence-corrected chi connectivity index (χ3v) is 2.39. The quantitative estimate of drug-likeness (QED) is 0.660. The summed E-state index contributed by atoms with van der Waals surface area (Å²) in [5, 5.41) is 10.3. The molecule has 1 aromatic carbocycles. The van der Waals surface area contributed by atoms with Gasteiger partial charge in [0.05, 0.1) is 11.9 Å². The number of nitrogen functional groups attached to an aromatic ring is 1. The normalized spacial score (nSPS) is 10.8. The first-order valence-electron chi connectivity index (χ1n) is 4.85. The molecule has 5 heteroatoms. The number of hydrogen-bond acceptors (Lipinski definition) is 4. The highest BCUT2D eigenvalue weighted by molar-refractivity contribution is 5.88. The van der Waals surface area contributed by atoms with Crippen molar-refractivity contribution in [2.45, 2.75) is 0 Å². The van der Waals surface area contributed by atoms with Crippen LogP contribution in [0.15, 0.2) is 42.9 Å². The van der Waals surface area contributed by atoms with Crippen LogP contribution in [-0.4, -0.2) is 20.0 Å². The molecule has 0 atom stereocenters. The van der Waals surface area contributed by atoms with Gasteiger partial charge in [-0.2, -0.15) is 5.10 Å². The Morgan fingerprint density at radius 1 is 1.12 bits per heavy atom. The lowest BCUT2D eigenvalue weighted by molar-refractivity contribution is 0.759. The number of benzene rings is 1. The van der Waals surface area contributed by atoms with Crippen LogP contribution in [0.5, 0.6) is 0 Å². The fourth-order valence-corrected chi connectivity index (χ4v) is 1.66. The summed E-state index contributed by atoms with van der Waals surface area (Å²) >= 11 is 0. The summed E-state index contributed by atoms with van der Waals surface area (Å²) in [6.07, 6.45) is 5.08. The Labute approximate surface area is 91.5 Å². The predicted molar refractivity (Wildman–Crippen MR) is 61.1 cm³/mol. The maximum atomic E-state index is 5.55. The third kappa shape index (κ3) is 1.30. The maximum absolute atomic E-state index is 5.55. The Kier molecular flexibility index (Phi) is 1.83. The molecule has 2 heterocycles. The average molecular weight is 211 g/mol. The molecule has 78 valence electrons. The van der Waals surface area contributed by atoms with Crippen molar-refractivity contribution in [3.05, 3.63) is 42.9 Å². The summed E-state index contributed by atoms with van der Waals surface area (Å²) in [6.45, 7) is 0. The van der Waals surface area contributed by atoms with Gasteiger partial charge in [0, 0.05) is 17.8 Å². The van der Waals surface area contributed by atoms with Gasteiger partial charge in [0.1, 0.15) is 0 Å². The summed E-state index contributed by atoms with van der Waals surface area (Å²) in [5.74, 6) is 0.404. The molecule has 3 aromatic rings. The fraction of sp³-hybridized carbons (Fsp3) is 0. The number of nitrogens with zero attached hydrogens (tertiary/aromatic N) is 4. The Morgan fingerprint density at radius 3 is 2.88 bits per heavy atom. The van der Waals surface area contributed by atoms with E-state index >= 15 is 0 Å². The molecule has 0 saturated heterocycles.